The highest BCUT2D eigenvalue weighted by molar-refractivity contribution is 7.92. The maximum absolute atomic E-state index is 13.9. The molecule has 0 aliphatic rings. The van der Waals surface area contributed by atoms with Crippen molar-refractivity contribution in [2.75, 3.05) is 23.6 Å². The molecule has 3 aromatic carbocycles. The molecule has 0 fully saturated rings. The predicted octanol–water partition coefficient (Wildman–Crippen LogP) is 4.21. The van der Waals surface area contributed by atoms with Crippen LogP contribution in [0.4, 0.5) is 15.8 Å². The van der Waals surface area contributed by atoms with Crippen molar-refractivity contribution in [2.45, 2.75) is 25.2 Å². The second-order valence-corrected chi connectivity index (χ2v) is 9.46. The Morgan fingerprint density at radius 3 is 2.29 bits per heavy atom. The van der Waals surface area contributed by atoms with Crippen LogP contribution in [-0.2, 0) is 21.2 Å². The van der Waals surface area contributed by atoms with Crippen LogP contribution in [0.15, 0.2) is 71.6 Å². The van der Waals surface area contributed by atoms with Gasteiger partial charge in [-0.15, -0.1) is 0 Å². The van der Waals surface area contributed by atoms with Crippen LogP contribution in [0.3, 0.4) is 0 Å². The summed E-state index contributed by atoms with van der Waals surface area (Å²) in [5.41, 5.74) is 2.12. The highest BCUT2D eigenvalue weighted by Crippen LogP contribution is 2.22. The first kappa shape index (κ1) is 24.9. The Balaban J connectivity index is 1.77. The standard InChI is InChI=1S/C25H26FN3O4S/c1-4-18-9-5-7-11-22(18)27-24(30)16-29(3)25(31)20-15-19(14-13-17(20)2)34(32,33)28-23-12-8-6-10-21(23)26/h5-15,28H,4,16H2,1-3H3,(H,27,30). The van der Waals surface area contributed by atoms with E-state index in [0.29, 0.717) is 11.3 Å². The second kappa shape index (κ2) is 10.5. The van der Waals surface area contributed by atoms with Crippen molar-refractivity contribution in [1.82, 2.24) is 4.90 Å². The van der Waals surface area contributed by atoms with Crippen LogP contribution in [0.2, 0.25) is 0 Å². The van der Waals surface area contributed by atoms with Crippen LogP contribution in [0, 0.1) is 12.7 Å². The Bertz CT molecular complexity index is 1330. The average molecular weight is 484 g/mol. The molecule has 0 atom stereocenters. The maximum Gasteiger partial charge on any atom is 0.262 e. The molecule has 9 heteroatoms. The number of aryl methyl sites for hydroxylation is 2. The van der Waals surface area contributed by atoms with Gasteiger partial charge in [0.05, 0.1) is 17.1 Å². The molecular weight excluding hydrogens is 457 g/mol. The van der Waals surface area contributed by atoms with E-state index in [1.807, 2.05) is 25.1 Å². The van der Waals surface area contributed by atoms with Gasteiger partial charge in [-0.2, -0.15) is 0 Å². The van der Waals surface area contributed by atoms with E-state index in [1.54, 1.807) is 13.0 Å². The molecule has 2 N–H and O–H groups in total. The molecule has 3 rings (SSSR count). The fourth-order valence-electron chi connectivity index (χ4n) is 3.38. The van der Waals surface area contributed by atoms with Crippen molar-refractivity contribution in [3.63, 3.8) is 0 Å². The summed E-state index contributed by atoms with van der Waals surface area (Å²) in [6, 6.07) is 16.8. The smallest absolute Gasteiger partial charge is 0.262 e. The lowest BCUT2D eigenvalue weighted by Crippen LogP contribution is -2.35. The molecular formula is C25H26FN3O4S. The third kappa shape index (κ3) is 5.79. The van der Waals surface area contributed by atoms with Crippen LogP contribution < -0.4 is 10.0 Å². The first-order chi connectivity index (χ1) is 16.1. The predicted molar refractivity (Wildman–Crippen MR) is 130 cm³/mol. The molecule has 0 saturated heterocycles. The molecule has 0 spiro atoms. The third-order valence-electron chi connectivity index (χ3n) is 5.27. The Kier molecular flexibility index (Phi) is 7.68. The van der Waals surface area contributed by atoms with Crippen molar-refractivity contribution >= 4 is 33.2 Å². The summed E-state index contributed by atoms with van der Waals surface area (Å²) in [5, 5.41) is 2.81. The second-order valence-electron chi connectivity index (χ2n) is 7.78. The average Bonchev–Trinajstić information content (AvgIpc) is 2.80. The van der Waals surface area contributed by atoms with E-state index < -0.39 is 21.7 Å². The number of benzene rings is 3. The number of sulfonamides is 1. The number of amides is 2. The molecule has 7 nitrogen and oxygen atoms in total. The van der Waals surface area contributed by atoms with Gasteiger partial charge < -0.3 is 10.2 Å². The van der Waals surface area contributed by atoms with Crippen molar-refractivity contribution in [1.29, 1.82) is 0 Å². The number of hydrogen-bond acceptors (Lipinski definition) is 4. The number of carbonyl (C=O) groups excluding carboxylic acids is 2. The number of para-hydroxylation sites is 2. The first-order valence-corrected chi connectivity index (χ1v) is 12.1. The van der Waals surface area contributed by atoms with Crippen LogP contribution >= 0.6 is 0 Å². The SMILES string of the molecule is CCc1ccccc1NC(=O)CN(C)C(=O)c1cc(S(=O)(=O)Nc2ccccc2F)ccc1C. The first-order valence-electron chi connectivity index (χ1n) is 10.6. The molecule has 0 aliphatic heterocycles. The number of rotatable bonds is 8. The minimum atomic E-state index is -4.15. The summed E-state index contributed by atoms with van der Waals surface area (Å²) in [6.07, 6.45) is 0.743. The molecule has 0 bridgehead atoms. The van der Waals surface area contributed by atoms with E-state index in [0.717, 1.165) is 18.1 Å². The zero-order valence-corrected chi connectivity index (χ0v) is 19.9. The minimum Gasteiger partial charge on any atom is -0.332 e. The van der Waals surface area contributed by atoms with E-state index in [-0.39, 0.29) is 28.6 Å². The van der Waals surface area contributed by atoms with Crippen LogP contribution in [-0.4, -0.2) is 38.7 Å². The lowest BCUT2D eigenvalue weighted by atomic mass is 10.1. The number of nitrogens with one attached hydrogen (secondary N) is 2. The molecule has 0 unspecified atom stereocenters. The van der Waals surface area contributed by atoms with Gasteiger partial charge >= 0.3 is 0 Å². The molecule has 178 valence electrons. The highest BCUT2D eigenvalue weighted by Gasteiger charge is 2.22. The summed E-state index contributed by atoms with van der Waals surface area (Å²) in [6.45, 7) is 3.42. The van der Waals surface area contributed by atoms with Gasteiger partial charge in [-0.25, -0.2) is 12.8 Å². The van der Waals surface area contributed by atoms with Gasteiger partial charge in [0.1, 0.15) is 5.82 Å². The van der Waals surface area contributed by atoms with Crippen LogP contribution in [0.25, 0.3) is 0 Å². The van der Waals surface area contributed by atoms with Gasteiger partial charge in [-0.05, 0) is 54.8 Å². The summed E-state index contributed by atoms with van der Waals surface area (Å²) >= 11 is 0. The monoisotopic (exact) mass is 483 g/mol. The van der Waals surface area contributed by atoms with Gasteiger partial charge in [0.2, 0.25) is 5.91 Å². The molecule has 2 amide bonds. The fourth-order valence-corrected chi connectivity index (χ4v) is 4.47. The summed E-state index contributed by atoms with van der Waals surface area (Å²) < 4.78 is 41.7. The number of anilines is 2. The molecule has 0 aromatic heterocycles. The van der Waals surface area contributed by atoms with Gasteiger partial charge in [-0.1, -0.05) is 43.3 Å². The normalized spacial score (nSPS) is 11.1. The van der Waals surface area contributed by atoms with E-state index in [2.05, 4.69) is 10.0 Å². The molecule has 0 radical (unpaired) electrons. The van der Waals surface area contributed by atoms with Crippen molar-refractivity contribution in [3.05, 3.63) is 89.2 Å². The topological polar surface area (TPSA) is 95.6 Å². The molecule has 0 heterocycles. The highest BCUT2D eigenvalue weighted by atomic mass is 32.2. The largest absolute Gasteiger partial charge is 0.332 e. The van der Waals surface area contributed by atoms with Crippen molar-refractivity contribution in [2.24, 2.45) is 0 Å². The Morgan fingerprint density at radius 1 is 0.971 bits per heavy atom. The van der Waals surface area contributed by atoms with Crippen LogP contribution in [0.1, 0.15) is 28.4 Å². The summed E-state index contributed by atoms with van der Waals surface area (Å²) in [4.78, 5) is 26.6. The molecule has 34 heavy (non-hydrogen) atoms. The maximum atomic E-state index is 13.9. The van der Waals surface area contributed by atoms with E-state index in [1.165, 1.54) is 48.3 Å². The molecule has 3 aromatic rings. The number of halogens is 1. The van der Waals surface area contributed by atoms with E-state index in [9.17, 15) is 22.4 Å². The van der Waals surface area contributed by atoms with Gasteiger partial charge in [0, 0.05) is 18.3 Å². The lowest BCUT2D eigenvalue weighted by molar-refractivity contribution is -0.116. The van der Waals surface area contributed by atoms with Crippen molar-refractivity contribution < 1.29 is 22.4 Å². The van der Waals surface area contributed by atoms with Crippen LogP contribution in [0.5, 0.6) is 0 Å². The zero-order chi connectivity index (χ0) is 24.9. The fraction of sp³-hybridized carbons (Fsp3) is 0.200. The zero-order valence-electron chi connectivity index (χ0n) is 19.1. The van der Waals surface area contributed by atoms with Crippen molar-refractivity contribution in [3.8, 4) is 0 Å². The lowest BCUT2D eigenvalue weighted by Gasteiger charge is -2.19. The molecule has 0 saturated carbocycles. The summed E-state index contributed by atoms with van der Waals surface area (Å²) in [7, 11) is -2.68. The van der Waals surface area contributed by atoms with Gasteiger partial charge in [0.25, 0.3) is 15.9 Å². The molecule has 0 aliphatic carbocycles. The van der Waals surface area contributed by atoms with E-state index in [4.69, 9.17) is 0 Å². The number of carbonyl (C=O) groups is 2. The number of hydrogen-bond donors (Lipinski definition) is 2. The van der Waals surface area contributed by atoms with E-state index >= 15 is 0 Å². The Labute approximate surface area is 198 Å². The Hall–Kier alpha value is -3.72. The summed E-state index contributed by atoms with van der Waals surface area (Å²) in [5.74, 6) is -1.61. The number of nitrogens with zero attached hydrogens (tertiary/aromatic N) is 1. The Morgan fingerprint density at radius 2 is 1.62 bits per heavy atom. The minimum absolute atomic E-state index is 0.126. The quantitative estimate of drug-likeness (QED) is 0.502. The third-order valence-corrected chi connectivity index (χ3v) is 6.63. The van der Waals surface area contributed by atoms with Gasteiger partial charge in [-0.3, -0.25) is 14.3 Å². The number of likely N-dealkylation sites (N-methyl/N-ethyl adjacent to an activating group) is 1. The van der Waals surface area contributed by atoms with Gasteiger partial charge in [0.15, 0.2) is 0 Å².